The number of piperazine rings is 1. The highest BCUT2D eigenvalue weighted by atomic mass is 35.5. The average molecular weight is 384 g/mol. The number of carbonyl (C=O) groups is 1. The van der Waals surface area contributed by atoms with Gasteiger partial charge in [0.25, 0.3) is 0 Å². The maximum Gasteiger partial charge on any atom is 0.225 e. The average Bonchev–Trinajstić information content (AvgIpc) is 3.47. The minimum atomic E-state index is 0.265. The summed E-state index contributed by atoms with van der Waals surface area (Å²) >= 11 is 5.97. The molecule has 0 atom stereocenters. The molecule has 0 bridgehead atoms. The Labute approximate surface area is 160 Å². The fourth-order valence-corrected chi connectivity index (χ4v) is 3.58. The molecule has 0 radical (unpaired) electrons. The van der Waals surface area contributed by atoms with E-state index < -0.39 is 0 Å². The van der Waals surface area contributed by atoms with Gasteiger partial charge in [-0.1, -0.05) is 16.8 Å². The molecule has 0 N–H and O–H groups in total. The molecule has 1 saturated carbocycles. The van der Waals surface area contributed by atoms with E-state index in [9.17, 15) is 4.79 Å². The van der Waals surface area contributed by atoms with Crippen molar-refractivity contribution < 1.29 is 4.79 Å². The minimum absolute atomic E-state index is 0.265. The van der Waals surface area contributed by atoms with Gasteiger partial charge in [0.05, 0.1) is 5.69 Å². The van der Waals surface area contributed by atoms with Gasteiger partial charge in [0.15, 0.2) is 17.0 Å². The molecule has 2 fully saturated rings. The Bertz CT molecular complexity index is 991. The summed E-state index contributed by atoms with van der Waals surface area (Å²) in [6, 6.07) is 7.37. The number of hydrogen-bond acceptors (Lipinski definition) is 6. The standard InChI is InChI=1S/C18H18ClN7O/c19-13-3-5-14(6-4-13)26-17-15(22-23-26)16(20-11-21-17)24-7-9-25(10-8-24)18(27)12-1-2-12/h3-6,11-12H,1-2,7-10H2. The van der Waals surface area contributed by atoms with E-state index in [1.165, 1.54) is 6.33 Å². The first-order valence-corrected chi connectivity index (χ1v) is 9.44. The van der Waals surface area contributed by atoms with Crippen molar-refractivity contribution in [1.29, 1.82) is 0 Å². The Morgan fingerprint density at radius 1 is 1.04 bits per heavy atom. The summed E-state index contributed by atoms with van der Waals surface area (Å²) in [4.78, 5) is 25.2. The topological polar surface area (TPSA) is 80.0 Å². The zero-order valence-corrected chi connectivity index (χ0v) is 15.4. The second-order valence-corrected chi connectivity index (χ2v) is 7.37. The first kappa shape index (κ1) is 16.4. The molecule has 0 unspecified atom stereocenters. The van der Waals surface area contributed by atoms with Crippen molar-refractivity contribution in [2.24, 2.45) is 5.92 Å². The SMILES string of the molecule is O=C(C1CC1)N1CCN(c2ncnc3c2nnn3-c2ccc(Cl)cc2)CC1. The van der Waals surface area contributed by atoms with E-state index >= 15 is 0 Å². The van der Waals surface area contributed by atoms with Crippen molar-refractivity contribution >= 4 is 34.5 Å². The summed E-state index contributed by atoms with van der Waals surface area (Å²) in [5.41, 5.74) is 2.15. The van der Waals surface area contributed by atoms with Crippen LogP contribution < -0.4 is 4.90 Å². The maximum absolute atomic E-state index is 12.2. The zero-order chi connectivity index (χ0) is 18.4. The number of carbonyl (C=O) groups excluding carboxylic acids is 1. The second kappa shape index (κ2) is 6.45. The summed E-state index contributed by atoms with van der Waals surface area (Å²) in [6.07, 6.45) is 3.62. The van der Waals surface area contributed by atoms with Crippen molar-refractivity contribution in [2.45, 2.75) is 12.8 Å². The highest BCUT2D eigenvalue weighted by molar-refractivity contribution is 6.30. The van der Waals surface area contributed by atoms with Gasteiger partial charge in [-0.05, 0) is 37.1 Å². The van der Waals surface area contributed by atoms with E-state index in [0.29, 0.717) is 35.2 Å². The highest BCUT2D eigenvalue weighted by Gasteiger charge is 2.35. The zero-order valence-electron chi connectivity index (χ0n) is 14.6. The summed E-state index contributed by atoms with van der Waals surface area (Å²) in [6.45, 7) is 2.90. The van der Waals surface area contributed by atoms with Crippen LogP contribution in [0.5, 0.6) is 0 Å². The predicted molar refractivity (Wildman–Crippen MR) is 101 cm³/mol. The molecule has 3 aromatic rings. The Morgan fingerprint density at radius 3 is 2.48 bits per heavy atom. The van der Waals surface area contributed by atoms with Crippen LogP contribution in [0, 0.1) is 5.92 Å². The van der Waals surface area contributed by atoms with E-state index in [1.54, 1.807) is 4.68 Å². The molecule has 9 heteroatoms. The van der Waals surface area contributed by atoms with Crippen LogP contribution in [-0.2, 0) is 4.79 Å². The van der Waals surface area contributed by atoms with Gasteiger partial charge in [0.2, 0.25) is 5.91 Å². The fourth-order valence-electron chi connectivity index (χ4n) is 3.45. The van der Waals surface area contributed by atoms with Crippen LogP contribution in [0.4, 0.5) is 5.82 Å². The smallest absolute Gasteiger partial charge is 0.225 e. The van der Waals surface area contributed by atoms with Gasteiger partial charge in [0, 0.05) is 37.1 Å². The summed E-state index contributed by atoms with van der Waals surface area (Å²) in [5, 5.41) is 9.24. The van der Waals surface area contributed by atoms with Crippen molar-refractivity contribution in [1.82, 2.24) is 29.9 Å². The van der Waals surface area contributed by atoms with Crippen molar-refractivity contribution in [2.75, 3.05) is 31.1 Å². The number of hydrogen-bond donors (Lipinski definition) is 0. The van der Waals surface area contributed by atoms with E-state index in [-0.39, 0.29) is 5.92 Å². The van der Waals surface area contributed by atoms with Crippen LogP contribution >= 0.6 is 11.6 Å². The van der Waals surface area contributed by atoms with E-state index in [1.807, 2.05) is 29.2 Å². The largest absolute Gasteiger partial charge is 0.351 e. The molecule has 138 valence electrons. The monoisotopic (exact) mass is 383 g/mol. The van der Waals surface area contributed by atoms with Crippen LogP contribution in [0.1, 0.15) is 12.8 Å². The summed E-state index contributed by atoms with van der Waals surface area (Å²) in [7, 11) is 0. The lowest BCUT2D eigenvalue weighted by Gasteiger charge is -2.35. The molecular weight excluding hydrogens is 366 g/mol. The molecule has 0 spiro atoms. The third kappa shape index (κ3) is 2.99. The fraction of sp³-hybridized carbons (Fsp3) is 0.389. The number of anilines is 1. The molecular formula is C18H18ClN7O. The molecule has 2 aromatic heterocycles. The normalized spacial score (nSPS) is 17.5. The molecule has 1 amide bonds. The molecule has 1 aliphatic carbocycles. The first-order chi connectivity index (χ1) is 13.2. The number of benzene rings is 1. The molecule has 3 heterocycles. The lowest BCUT2D eigenvalue weighted by molar-refractivity contribution is -0.132. The first-order valence-electron chi connectivity index (χ1n) is 9.07. The Balaban J connectivity index is 1.41. The molecule has 2 aliphatic rings. The van der Waals surface area contributed by atoms with Crippen LogP contribution in [-0.4, -0.2) is 61.9 Å². The van der Waals surface area contributed by atoms with Gasteiger partial charge in [-0.15, -0.1) is 5.10 Å². The third-order valence-corrected chi connectivity index (χ3v) is 5.36. The number of fused-ring (bicyclic) bond motifs is 1. The van der Waals surface area contributed by atoms with E-state index in [4.69, 9.17) is 11.6 Å². The van der Waals surface area contributed by atoms with Crippen molar-refractivity contribution in [3.8, 4) is 5.69 Å². The van der Waals surface area contributed by atoms with Gasteiger partial charge >= 0.3 is 0 Å². The number of nitrogens with zero attached hydrogens (tertiary/aromatic N) is 7. The molecule has 8 nitrogen and oxygen atoms in total. The van der Waals surface area contributed by atoms with Gasteiger partial charge in [0.1, 0.15) is 6.33 Å². The summed E-state index contributed by atoms with van der Waals surface area (Å²) < 4.78 is 1.68. The van der Waals surface area contributed by atoms with E-state index in [2.05, 4.69) is 25.2 Å². The Hall–Kier alpha value is -2.74. The van der Waals surface area contributed by atoms with Gasteiger partial charge in [-0.25, -0.2) is 9.97 Å². The maximum atomic E-state index is 12.2. The summed E-state index contributed by atoms with van der Waals surface area (Å²) in [5.74, 6) is 1.33. The Morgan fingerprint density at radius 2 is 1.78 bits per heavy atom. The molecule has 1 aromatic carbocycles. The van der Waals surface area contributed by atoms with Gasteiger partial charge in [-0.3, -0.25) is 4.79 Å². The molecule has 5 rings (SSSR count). The van der Waals surface area contributed by atoms with Crippen LogP contribution in [0.15, 0.2) is 30.6 Å². The molecule has 27 heavy (non-hydrogen) atoms. The minimum Gasteiger partial charge on any atom is -0.351 e. The highest BCUT2D eigenvalue weighted by Crippen LogP contribution is 2.32. The Kier molecular flexibility index (Phi) is 3.93. The van der Waals surface area contributed by atoms with Crippen molar-refractivity contribution in [3.63, 3.8) is 0 Å². The quantitative estimate of drug-likeness (QED) is 0.687. The number of amides is 1. The molecule has 1 aliphatic heterocycles. The van der Waals surface area contributed by atoms with Gasteiger partial charge in [-0.2, -0.15) is 4.68 Å². The number of aromatic nitrogens is 5. The lowest BCUT2D eigenvalue weighted by atomic mass is 10.2. The van der Waals surface area contributed by atoms with Crippen LogP contribution in [0.2, 0.25) is 5.02 Å². The van der Waals surface area contributed by atoms with Gasteiger partial charge < -0.3 is 9.80 Å². The second-order valence-electron chi connectivity index (χ2n) is 6.93. The lowest BCUT2D eigenvalue weighted by Crippen LogP contribution is -2.49. The van der Waals surface area contributed by atoms with Crippen LogP contribution in [0.25, 0.3) is 16.9 Å². The van der Waals surface area contributed by atoms with Crippen LogP contribution in [0.3, 0.4) is 0 Å². The van der Waals surface area contributed by atoms with E-state index in [0.717, 1.165) is 37.4 Å². The number of halogens is 1. The number of rotatable bonds is 3. The van der Waals surface area contributed by atoms with Crippen molar-refractivity contribution in [3.05, 3.63) is 35.6 Å². The predicted octanol–water partition coefficient (Wildman–Crippen LogP) is 1.92. The molecule has 1 saturated heterocycles. The third-order valence-electron chi connectivity index (χ3n) is 5.11.